The summed E-state index contributed by atoms with van der Waals surface area (Å²) < 4.78 is 5.83. The first-order chi connectivity index (χ1) is 15.9. The number of thiocarbonyl (C=S) groups is 1. The van der Waals surface area contributed by atoms with Crippen molar-refractivity contribution < 1.29 is 4.52 Å². The number of rotatable bonds is 7. The SMILES string of the molecule is CSc1ccc(-c2noc(C3=C(C)N(CC(C)C)C(=S)NC3c3ccc(SC)cc3)n2)cc1. The van der Waals surface area contributed by atoms with Crippen molar-refractivity contribution in [2.24, 2.45) is 5.92 Å². The van der Waals surface area contributed by atoms with Gasteiger partial charge in [0.1, 0.15) is 0 Å². The number of hydrogen-bond acceptors (Lipinski definition) is 6. The number of aromatic nitrogens is 2. The highest BCUT2D eigenvalue weighted by molar-refractivity contribution is 7.98. The fraction of sp³-hybridized carbons (Fsp3) is 0.320. The third-order valence-corrected chi connectivity index (χ3v) is 7.42. The van der Waals surface area contributed by atoms with E-state index in [2.05, 4.69) is 85.1 Å². The fourth-order valence-electron chi connectivity index (χ4n) is 3.88. The van der Waals surface area contributed by atoms with Gasteiger partial charge in [-0.2, -0.15) is 4.98 Å². The molecule has 0 spiro atoms. The normalized spacial score (nSPS) is 16.5. The van der Waals surface area contributed by atoms with E-state index in [1.54, 1.807) is 23.5 Å². The number of nitrogens with one attached hydrogen (secondary N) is 1. The van der Waals surface area contributed by atoms with Gasteiger partial charge in [-0.1, -0.05) is 31.1 Å². The second-order valence-electron chi connectivity index (χ2n) is 8.31. The number of allylic oxidation sites excluding steroid dienone is 1. The molecule has 0 fully saturated rings. The van der Waals surface area contributed by atoms with Crippen LogP contribution in [0, 0.1) is 5.92 Å². The summed E-state index contributed by atoms with van der Waals surface area (Å²) in [5.74, 6) is 1.55. The van der Waals surface area contributed by atoms with E-state index in [4.69, 9.17) is 21.7 Å². The lowest BCUT2D eigenvalue weighted by atomic mass is 9.94. The largest absolute Gasteiger partial charge is 0.351 e. The predicted molar refractivity (Wildman–Crippen MR) is 142 cm³/mol. The first-order valence-electron chi connectivity index (χ1n) is 10.8. The summed E-state index contributed by atoms with van der Waals surface area (Å²) in [5, 5.41) is 8.55. The monoisotopic (exact) mass is 496 g/mol. The Morgan fingerprint density at radius 1 is 1.03 bits per heavy atom. The first-order valence-corrected chi connectivity index (χ1v) is 13.7. The van der Waals surface area contributed by atoms with Crippen LogP contribution in [-0.2, 0) is 0 Å². The summed E-state index contributed by atoms with van der Waals surface area (Å²) in [6.07, 6.45) is 4.14. The van der Waals surface area contributed by atoms with Crippen LogP contribution in [0.4, 0.5) is 0 Å². The third-order valence-electron chi connectivity index (χ3n) is 5.60. The van der Waals surface area contributed by atoms with Gasteiger partial charge in [0.05, 0.1) is 11.6 Å². The van der Waals surface area contributed by atoms with Crippen LogP contribution >= 0.6 is 35.7 Å². The van der Waals surface area contributed by atoms with E-state index in [0.29, 0.717) is 17.6 Å². The summed E-state index contributed by atoms with van der Waals surface area (Å²) in [6.45, 7) is 7.28. The molecule has 33 heavy (non-hydrogen) atoms. The Morgan fingerprint density at radius 3 is 2.21 bits per heavy atom. The number of benzene rings is 2. The molecule has 0 saturated heterocycles. The van der Waals surface area contributed by atoms with E-state index >= 15 is 0 Å². The quantitative estimate of drug-likeness (QED) is 0.294. The molecule has 1 atom stereocenters. The molecule has 2 heterocycles. The summed E-state index contributed by atoms with van der Waals surface area (Å²) in [7, 11) is 0. The van der Waals surface area contributed by atoms with Crippen LogP contribution in [0.5, 0.6) is 0 Å². The van der Waals surface area contributed by atoms with Crippen LogP contribution in [0.25, 0.3) is 17.0 Å². The van der Waals surface area contributed by atoms with E-state index in [1.807, 2.05) is 12.1 Å². The second kappa shape index (κ2) is 10.3. The van der Waals surface area contributed by atoms with Crippen molar-refractivity contribution in [3.8, 4) is 11.4 Å². The van der Waals surface area contributed by atoms with Gasteiger partial charge in [-0.15, -0.1) is 23.5 Å². The second-order valence-corrected chi connectivity index (χ2v) is 10.5. The smallest absolute Gasteiger partial charge is 0.258 e. The van der Waals surface area contributed by atoms with Crippen LogP contribution in [0.3, 0.4) is 0 Å². The Hall–Kier alpha value is -2.29. The van der Waals surface area contributed by atoms with Crippen molar-refractivity contribution >= 4 is 46.4 Å². The van der Waals surface area contributed by atoms with E-state index < -0.39 is 0 Å². The Labute approximate surface area is 209 Å². The molecule has 5 nitrogen and oxygen atoms in total. The topological polar surface area (TPSA) is 54.2 Å². The maximum atomic E-state index is 5.83. The molecule has 172 valence electrons. The summed E-state index contributed by atoms with van der Waals surface area (Å²) in [4.78, 5) is 9.36. The summed E-state index contributed by atoms with van der Waals surface area (Å²) in [5.41, 5.74) is 4.04. The lowest BCUT2D eigenvalue weighted by molar-refractivity contribution is 0.386. The van der Waals surface area contributed by atoms with Crippen molar-refractivity contribution in [2.45, 2.75) is 36.6 Å². The van der Waals surface area contributed by atoms with Gasteiger partial charge in [-0.25, -0.2) is 0 Å². The standard InChI is InChI=1S/C25H28N4OS3/c1-15(2)14-29-16(3)21(22(26-25(29)31)17-6-10-19(32-4)11-7-17)24-27-23(28-30-24)18-8-12-20(33-5)13-9-18/h6-13,15,22H,14H2,1-5H3,(H,26,31). The van der Waals surface area contributed by atoms with Gasteiger partial charge < -0.3 is 14.7 Å². The van der Waals surface area contributed by atoms with E-state index in [1.165, 1.54) is 9.79 Å². The molecule has 1 N–H and O–H groups in total. The molecule has 0 amide bonds. The molecule has 1 aromatic heterocycles. The predicted octanol–water partition coefficient (Wildman–Crippen LogP) is 6.50. The molecule has 4 rings (SSSR count). The summed E-state index contributed by atoms with van der Waals surface area (Å²) in [6, 6.07) is 16.6. The average Bonchev–Trinajstić information content (AvgIpc) is 3.31. The zero-order chi connectivity index (χ0) is 23.5. The van der Waals surface area contributed by atoms with Gasteiger partial charge in [0.15, 0.2) is 5.11 Å². The minimum absolute atomic E-state index is 0.163. The third kappa shape index (κ3) is 5.13. The van der Waals surface area contributed by atoms with Crippen molar-refractivity contribution in [1.29, 1.82) is 0 Å². The van der Waals surface area contributed by atoms with Crippen LogP contribution in [0.2, 0.25) is 0 Å². The van der Waals surface area contributed by atoms with Gasteiger partial charge >= 0.3 is 0 Å². The molecule has 0 saturated carbocycles. The van der Waals surface area contributed by atoms with Gasteiger partial charge in [0, 0.05) is 27.6 Å². The van der Waals surface area contributed by atoms with Crippen LogP contribution in [0.1, 0.15) is 38.3 Å². The Kier molecular flexibility index (Phi) is 7.46. The van der Waals surface area contributed by atoms with Crippen LogP contribution in [-0.4, -0.2) is 39.2 Å². The minimum Gasteiger partial charge on any atom is -0.351 e. The van der Waals surface area contributed by atoms with Crippen molar-refractivity contribution in [2.75, 3.05) is 19.1 Å². The van der Waals surface area contributed by atoms with Gasteiger partial charge in [-0.3, -0.25) is 0 Å². The number of hydrogen-bond donors (Lipinski definition) is 1. The molecular formula is C25H28N4OS3. The highest BCUT2D eigenvalue weighted by Crippen LogP contribution is 2.38. The van der Waals surface area contributed by atoms with Gasteiger partial charge in [0.2, 0.25) is 5.82 Å². The zero-order valence-corrected chi connectivity index (χ0v) is 21.9. The Morgan fingerprint density at radius 2 is 1.64 bits per heavy atom. The molecular weight excluding hydrogens is 469 g/mol. The van der Waals surface area contributed by atoms with Crippen molar-refractivity contribution in [1.82, 2.24) is 20.4 Å². The molecule has 8 heteroatoms. The molecule has 3 aromatic rings. The summed E-state index contributed by atoms with van der Waals surface area (Å²) >= 11 is 9.20. The first kappa shape index (κ1) is 23.9. The zero-order valence-electron chi connectivity index (χ0n) is 19.5. The van der Waals surface area contributed by atoms with E-state index in [0.717, 1.165) is 34.1 Å². The van der Waals surface area contributed by atoms with E-state index in [9.17, 15) is 0 Å². The highest BCUT2D eigenvalue weighted by Gasteiger charge is 2.34. The maximum absolute atomic E-state index is 5.83. The van der Waals surface area contributed by atoms with Crippen molar-refractivity contribution in [3.05, 3.63) is 65.7 Å². The lowest BCUT2D eigenvalue weighted by Crippen LogP contribution is -2.47. The van der Waals surface area contributed by atoms with E-state index in [-0.39, 0.29) is 6.04 Å². The number of nitrogens with zero attached hydrogens (tertiary/aromatic N) is 3. The molecule has 0 bridgehead atoms. The molecule has 1 aliphatic rings. The van der Waals surface area contributed by atoms with Crippen LogP contribution < -0.4 is 5.32 Å². The lowest BCUT2D eigenvalue weighted by Gasteiger charge is -2.38. The average molecular weight is 497 g/mol. The van der Waals surface area contributed by atoms with Crippen molar-refractivity contribution in [3.63, 3.8) is 0 Å². The van der Waals surface area contributed by atoms with Gasteiger partial charge in [0.25, 0.3) is 5.89 Å². The molecule has 2 aromatic carbocycles. The molecule has 0 radical (unpaired) electrons. The Bertz CT molecular complexity index is 1150. The molecule has 0 aliphatic carbocycles. The highest BCUT2D eigenvalue weighted by atomic mass is 32.2. The maximum Gasteiger partial charge on any atom is 0.258 e. The van der Waals surface area contributed by atoms with Crippen LogP contribution in [0.15, 0.2) is 68.5 Å². The molecule has 1 aliphatic heterocycles. The Balaban J connectivity index is 1.77. The number of thioether (sulfide) groups is 2. The fourth-order valence-corrected chi connectivity index (χ4v) is 5.03. The molecule has 1 unspecified atom stereocenters. The van der Waals surface area contributed by atoms with Gasteiger partial charge in [-0.05, 0) is 79.5 Å². The minimum atomic E-state index is -0.163.